The SMILES string of the molecule is Cc1nccn1CC(=O)NN=Cc1cc(Br)cs1. The number of hydrazone groups is 1. The predicted molar refractivity (Wildman–Crippen MR) is 74.7 cm³/mol. The number of nitrogens with zero attached hydrogens (tertiary/aromatic N) is 3. The Morgan fingerprint density at radius 1 is 1.72 bits per heavy atom. The fourth-order valence-electron chi connectivity index (χ4n) is 1.32. The van der Waals surface area contributed by atoms with Gasteiger partial charge >= 0.3 is 0 Å². The zero-order chi connectivity index (χ0) is 13.0. The molecule has 0 saturated carbocycles. The van der Waals surface area contributed by atoms with Gasteiger partial charge in [-0.3, -0.25) is 4.79 Å². The maximum atomic E-state index is 11.6. The van der Waals surface area contributed by atoms with Crippen molar-refractivity contribution in [3.05, 3.63) is 39.0 Å². The molecule has 0 spiro atoms. The van der Waals surface area contributed by atoms with E-state index in [0.717, 1.165) is 15.2 Å². The molecule has 2 aromatic rings. The average Bonchev–Trinajstić information content (AvgIpc) is 2.89. The Hall–Kier alpha value is -1.47. The van der Waals surface area contributed by atoms with Crippen LogP contribution in [0.25, 0.3) is 0 Å². The summed E-state index contributed by atoms with van der Waals surface area (Å²) in [6, 6.07) is 1.93. The van der Waals surface area contributed by atoms with Gasteiger partial charge in [-0.2, -0.15) is 5.10 Å². The fraction of sp³-hybridized carbons (Fsp3) is 0.182. The molecule has 0 bridgehead atoms. The van der Waals surface area contributed by atoms with Crippen LogP contribution in [0.1, 0.15) is 10.7 Å². The first-order valence-corrected chi connectivity index (χ1v) is 6.86. The molecule has 7 heteroatoms. The van der Waals surface area contributed by atoms with Crippen molar-refractivity contribution in [1.82, 2.24) is 15.0 Å². The standard InChI is InChI=1S/C11H11BrN4OS/c1-8-13-2-3-16(8)6-11(17)15-14-5-10-4-9(12)7-18-10/h2-5,7H,6H2,1H3,(H,15,17). The monoisotopic (exact) mass is 326 g/mol. The van der Waals surface area contributed by atoms with Crippen LogP contribution < -0.4 is 5.43 Å². The molecular formula is C11H11BrN4OS. The van der Waals surface area contributed by atoms with Crippen molar-refractivity contribution in [2.24, 2.45) is 5.10 Å². The molecular weight excluding hydrogens is 316 g/mol. The molecule has 0 radical (unpaired) electrons. The van der Waals surface area contributed by atoms with E-state index in [1.54, 1.807) is 34.5 Å². The minimum Gasteiger partial charge on any atom is -0.326 e. The molecule has 0 atom stereocenters. The van der Waals surface area contributed by atoms with Crippen LogP contribution in [0.4, 0.5) is 0 Å². The van der Waals surface area contributed by atoms with E-state index in [2.05, 4.69) is 31.4 Å². The summed E-state index contributed by atoms with van der Waals surface area (Å²) in [5.74, 6) is 0.624. The van der Waals surface area contributed by atoms with Crippen molar-refractivity contribution in [1.29, 1.82) is 0 Å². The highest BCUT2D eigenvalue weighted by Crippen LogP contribution is 2.17. The van der Waals surface area contributed by atoms with E-state index in [-0.39, 0.29) is 12.5 Å². The van der Waals surface area contributed by atoms with Gasteiger partial charge in [0.2, 0.25) is 0 Å². The van der Waals surface area contributed by atoms with Crippen molar-refractivity contribution in [3.63, 3.8) is 0 Å². The molecule has 0 unspecified atom stereocenters. The van der Waals surface area contributed by atoms with Crippen LogP contribution in [-0.2, 0) is 11.3 Å². The molecule has 0 fully saturated rings. The number of hydrogen-bond donors (Lipinski definition) is 1. The van der Waals surface area contributed by atoms with Crippen molar-refractivity contribution in [3.8, 4) is 0 Å². The zero-order valence-electron chi connectivity index (χ0n) is 9.63. The number of amides is 1. The van der Waals surface area contributed by atoms with Crippen molar-refractivity contribution >= 4 is 39.4 Å². The Morgan fingerprint density at radius 3 is 3.17 bits per heavy atom. The van der Waals surface area contributed by atoms with Gasteiger partial charge in [0.1, 0.15) is 12.4 Å². The lowest BCUT2D eigenvalue weighted by atomic mass is 10.5. The van der Waals surface area contributed by atoms with Crippen LogP contribution in [-0.4, -0.2) is 21.7 Å². The summed E-state index contributed by atoms with van der Waals surface area (Å²) < 4.78 is 2.77. The number of aromatic nitrogens is 2. The van der Waals surface area contributed by atoms with E-state index in [9.17, 15) is 4.79 Å². The van der Waals surface area contributed by atoms with Crippen molar-refractivity contribution < 1.29 is 4.79 Å². The Kier molecular flexibility index (Phi) is 4.27. The first-order chi connectivity index (χ1) is 8.65. The predicted octanol–water partition coefficient (Wildman–Crippen LogP) is 2.17. The molecule has 1 N–H and O–H groups in total. The summed E-state index contributed by atoms with van der Waals surface area (Å²) in [6.45, 7) is 2.07. The van der Waals surface area contributed by atoms with Gasteiger partial charge < -0.3 is 4.57 Å². The quantitative estimate of drug-likeness (QED) is 0.691. The maximum absolute atomic E-state index is 11.6. The minimum atomic E-state index is -0.178. The molecule has 0 aliphatic rings. The molecule has 2 heterocycles. The second-order valence-corrected chi connectivity index (χ2v) is 5.42. The molecule has 0 aromatic carbocycles. The van der Waals surface area contributed by atoms with Crippen molar-refractivity contribution in [2.75, 3.05) is 0 Å². The number of carbonyl (C=O) groups excluding carboxylic acids is 1. The number of hydrogen-bond acceptors (Lipinski definition) is 4. The summed E-state index contributed by atoms with van der Waals surface area (Å²) >= 11 is 4.90. The van der Waals surface area contributed by atoms with E-state index < -0.39 is 0 Å². The Bertz CT molecular complexity index is 575. The highest BCUT2D eigenvalue weighted by atomic mass is 79.9. The van der Waals surface area contributed by atoms with E-state index >= 15 is 0 Å². The van der Waals surface area contributed by atoms with Gasteiger partial charge in [-0.25, -0.2) is 10.4 Å². The molecule has 2 rings (SSSR count). The average molecular weight is 327 g/mol. The number of rotatable bonds is 4. The van der Waals surface area contributed by atoms with Gasteiger partial charge in [-0.1, -0.05) is 0 Å². The number of halogens is 1. The van der Waals surface area contributed by atoms with E-state index in [0.29, 0.717) is 0 Å². The molecule has 0 aliphatic heterocycles. The molecule has 2 aromatic heterocycles. The number of nitrogens with one attached hydrogen (secondary N) is 1. The van der Waals surface area contributed by atoms with Crippen LogP contribution >= 0.6 is 27.3 Å². The van der Waals surface area contributed by atoms with E-state index in [4.69, 9.17) is 0 Å². The second kappa shape index (κ2) is 5.92. The van der Waals surface area contributed by atoms with E-state index in [1.807, 2.05) is 18.4 Å². The Labute approximate surface area is 117 Å². The third-order valence-electron chi connectivity index (χ3n) is 2.21. The molecule has 94 valence electrons. The zero-order valence-corrected chi connectivity index (χ0v) is 12.0. The van der Waals surface area contributed by atoms with Crippen LogP contribution in [0.2, 0.25) is 0 Å². The molecule has 18 heavy (non-hydrogen) atoms. The lowest BCUT2D eigenvalue weighted by molar-refractivity contribution is -0.121. The van der Waals surface area contributed by atoms with Crippen LogP contribution in [0, 0.1) is 6.92 Å². The molecule has 0 aliphatic carbocycles. The van der Waals surface area contributed by atoms with Gasteiger partial charge in [-0.15, -0.1) is 11.3 Å². The topological polar surface area (TPSA) is 59.3 Å². The summed E-state index contributed by atoms with van der Waals surface area (Å²) in [5, 5.41) is 5.85. The van der Waals surface area contributed by atoms with Gasteiger partial charge in [0.15, 0.2) is 0 Å². The molecule has 1 amide bonds. The van der Waals surface area contributed by atoms with Crippen LogP contribution in [0.15, 0.2) is 33.4 Å². The first-order valence-electron chi connectivity index (χ1n) is 5.19. The Morgan fingerprint density at radius 2 is 2.56 bits per heavy atom. The maximum Gasteiger partial charge on any atom is 0.260 e. The Balaban J connectivity index is 1.85. The van der Waals surface area contributed by atoms with E-state index in [1.165, 1.54) is 0 Å². The van der Waals surface area contributed by atoms with Gasteiger partial charge in [0.05, 0.1) is 6.21 Å². The summed E-state index contributed by atoms with van der Waals surface area (Å²) in [4.78, 5) is 16.6. The lowest BCUT2D eigenvalue weighted by Gasteiger charge is -2.02. The third-order valence-corrected chi connectivity index (χ3v) is 3.83. The summed E-state index contributed by atoms with van der Waals surface area (Å²) in [5.41, 5.74) is 2.48. The normalized spacial score (nSPS) is 11.0. The van der Waals surface area contributed by atoms with Gasteiger partial charge in [0.25, 0.3) is 5.91 Å². The largest absolute Gasteiger partial charge is 0.326 e. The van der Waals surface area contributed by atoms with Gasteiger partial charge in [-0.05, 0) is 28.9 Å². The van der Waals surface area contributed by atoms with Gasteiger partial charge in [0, 0.05) is 27.1 Å². The van der Waals surface area contributed by atoms with Crippen LogP contribution in [0.3, 0.4) is 0 Å². The van der Waals surface area contributed by atoms with Crippen molar-refractivity contribution in [2.45, 2.75) is 13.5 Å². The number of thiophene rings is 1. The number of aryl methyl sites for hydroxylation is 1. The number of imidazole rings is 1. The smallest absolute Gasteiger partial charge is 0.260 e. The summed E-state index contributed by atoms with van der Waals surface area (Å²) in [6.07, 6.45) is 5.04. The molecule has 5 nitrogen and oxygen atoms in total. The lowest BCUT2D eigenvalue weighted by Crippen LogP contribution is -2.23. The van der Waals surface area contributed by atoms with Crippen LogP contribution in [0.5, 0.6) is 0 Å². The second-order valence-electron chi connectivity index (χ2n) is 3.56. The first kappa shape index (κ1) is 13.0. The number of carbonyl (C=O) groups is 1. The summed E-state index contributed by atoms with van der Waals surface area (Å²) in [7, 11) is 0. The highest BCUT2D eigenvalue weighted by Gasteiger charge is 2.03. The molecule has 0 saturated heterocycles. The fourth-order valence-corrected chi connectivity index (χ4v) is 2.63. The third kappa shape index (κ3) is 3.51. The minimum absolute atomic E-state index is 0.178. The highest BCUT2D eigenvalue weighted by molar-refractivity contribution is 9.10.